The van der Waals surface area contributed by atoms with Crippen molar-refractivity contribution in [2.75, 3.05) is 6.54 Å². The maximum atomic E-state index is 5.47. The second kappa shape index (κ2) is 11.3. The zero-order valence-corrected chi connectivity index (χ0v) is 13.6. The average Bonchev–Trinajstić information content (AvgIpc) is 2.24. The van der Waals surface area contributed by atoms with Crippen LogP contribution >= 0.6 is 0 Å². The van der Waals surface area contributed by atoms with Crippen molar-refractivity contribution < 1.29 is 0 Å². The first-order chi connectivity index (χ1) is 8.06. The lowest BCUT2D eigenvalue weighted by Crippen LogP contribution is -2.18. The highest BCUT2D eigenvalue weighted by Crippen LogP contribution is 2.16. The molecule has 2 heteroatoms. The molecule has 0 unspecified atom stereocenters. The molecule has 2 N–H and O–H groups in total. The Morgan fingerprint density at radius 3 is 1.29 bits per heavy atom. The second-order valence-corrected chi connectivity index (χ2v) is 12.3. The average molecular weight is 258 g/mol. The molecule has 17 heavy (non-hydrogen) atoms. The zero-order valence-electron chi connectivity index (χ0n) is 12.6. The van der Waals surface area contributed by atoms with Crippen LogP contribution in [0.15, 0.2) is 0 Å². The van der Waals surface area contributed by atoms with Crippen molar-refractivity contribution in [1.82, 2.24) is 0 Å². The lowest BCUT2D eigenvalue weighted by atomic mass is 10.1. The maximum Gasteiger partial charge on any atom is 0.0442 e. The molecule has 0 aromatic rings. The van der Waals surface area contributed by atoms with E-state index in [0.717, 1.165) is 6.54 Å². The van der Waals surface area contributed by atoms with Gasteiger partial charge in [-0.3, -0.25) is 0 Å². The molecular weight excluding hydrogens is 222 g/mol. The number of hydrogen-bond acceptors (Lipinski definition) is 1. The fourth-order valence-electron chi connectivity index (χ4n) is 2.21. The van der Waals surface area contributed by atoms with Crippen LogP contribution in [0, 0.1) is 0 Å². The van der Waals surface area contributed by atoms with Crippen LogP contribution in [0.4, 0.5) is 0 Å². The molecule has 0 heterocycles. The van der Waals surface area contributed by atoms with E-state index >= 15 is 0 Å². The summed E-state index contributed by atoms with van der Waals surface area (Å²) in [6.07, 6.45) is 14.2. The van der Waals surface area contributed by atoms with Crippen LogP contribution < -0.4 is 5.73 Å². The minimum absolute atomic E-state index is 0.761. The minimum atomic E-state index is -0.761. The van der Waals surface area contributed by atoms with Gasteiger partial charge in [-0.15, -0.1) is 0 Å². The van der Waals surface area contributed by atoms with Gasteiger partial charge in [0.15, 0.2) is 0 Å². The summed E-state index contributed by atoms with van der Waals surface area (Å²) in [6, 6.07) is 1.52. The van der Waals surface area contributed by atoms with Gasteiger partial charge in [-0.25, -0.2) is 0 Å². The van der Waals surface area contributed by atoms with Gasteiger partial charge in [0.1, 0.15) is 0 Å². The van der Waals surface area contributed by atoms with Crippen molar-refractivity contribution >= 4 is 8.07 Å². The van der Waals surface area contributed by atoms with Gasteiger partial charge in [0, 0.05) is 8.07 Å². The standard InChI is InChI=1S/C15H35NSi/c1-17(2,3)15-13-11-9-7-5-4-6-8-10-12-14-16/h4-16H2,1-3H3. The van der Waals surface area contributed by atoms with Gasteiger partial charge >= 0.3 is 0 Å². The molecule has 104 valence electrons. The first kappa shape index (κ1) is 17.2. The summed E-state index contributed by atoms with van der Waals surface area (Å²) in [6.45, 7) is 8.31. The largest absolute Gasteiger partial charge is 0.330 e. The van der Waals surface area contributed by atoms with Gasteiger partial charge < -0.3 is 5.73 Å². The molecule has 0 atom stereocenters. The summed E-state index contributed by atoms with van der Waals surface area (Å²) in [5.74, 6) is 0. The zero-order chi connectivity index (χ0) is 13.0. The molecule has 0 bridgehead atoms. The summed E-state index contributed by atoms with van der Waals surface area (Å²) in [4.78, 5) is 0. The number of nitrogens with two attached hydrogens (primary N) is 1. The third-order valence-electron chi connectivity index (χ3n) is 3.38. The van der Waals surface area contributed by atoms with Crippen molar-refractivity contribution in [3.63, 3.8) is 0 Å². The van der Waals surface area contributed by atoms with Crippen molar-refractivity contribution in [3.8, 4) is 0 Å². The van der Waals surface area contributed by atoms with Gasteiger partial charge in [-0.05, 0) is 13.0 Å². The second-order valence-electron chi connectivity index (χ2n) is 6.63. The Morgan fingerprint density at radius 1 is 0.588 bits per heavy atom. The van der Waals surface area contributed by atoms with Crippen molar-refractivity contribution in [2.45, 2.75) is 89.9 Å². The van der Waals surface area contributed by atoms with Gasteiger partial charge in [-0.1, -0.05) is 83.5 Å². The molecule has 0 aromatic carbocycles. The predicted octanol–water partition coefficient (Wildman–Crippen LogP) is 5.18. The van der Waals surface area contributed by atoms with Crippen LogP contribution in [-0.4, -0.2) is 14.6 Å². The summed E-state index contributed by atoms with van der Waals surface area (Å²) < 4.78 is 0. The molecule has 0 aliphatic heterocycles. The van der Waals surface area contributed by atoms with Crippen molar-refractivity contribution in [1.29, 1.82) is 0 Å². The Morgan fingerprint density at radius 2 is 0.941 bits per heavy atom. The molecule has 0 aromatic heterocycles. The van der Waals surface area contributed by atoms with Crippen molar-refractivity contribution in [2.24, 2.45) is 5.73 Å². The third-order valence-corrected chi connectivity index (χ3v) is 5.23. The maximum absolute atomic E-state index is 5.47. The highest BCUT2D eigenvalue weighted by Gasteiger charge is 2.11. The van der Waals surface area contributed by atoms with Gasteiger partial charge in [0.2, 0.25) is 0 Å². The van der Waals surface area contributed by atoms with E-state index in [1.54, 1.807) is 0 Å². The predicted molar refractivity (Wildman–Crippen MR) is 83.4 cm³/mol. The van der Waals surface area contributed by atoms with Crippen LogP contribution in [0.25, 0.3) is 0 Å². The summed E-state index contributed by atoms with van der Waals surface area (Å²) in [5.41, 5.74) is 5.47. The molecule has 1 nitrogen and oxygen atoms in total. The molecule has 0 radical (unpaired) electrons. The quantitative estimate of drug-likeness (QED) is 0.378. The SMILES string of the molecule is C[Si](C)(C)CCCCCCCCCCCCN. The van der Waals surface area contributed by atoms with E-state index in [2.05, 4.69) is 19.6 Å². The van der Waals surface area contributed by atoms with Crippen molar-refractivity contribution in [3.05, 3.63) is 0 Å². The molecule has 0 aliphatic carbocycles. The molecule has 0 rings (SSSR count). The first-order valence-corrected chi connectivity index (χ1v) is 11.5. The summed E-state index contributed by atoms with van der Waals surface area (Å²) in [5, 5.41) is 0. The summed E-state index contributed by atoms with van der Waals surface area (Å²) >= 11 is 0. The highest BCUT2D eigenvalue weighted by molar-refractivity contribution is 6.76. The van der Waals surface area contributed by atoms with Gasteiger partial charge in [0.05, 0.1) is 0 Å². The van der Waals surface area contributed by atoms with Crippen LogP contribution in [0.2, 0.25) is 25.7 Å². The van der Waals surface area contributed by atoms with Gasteiger partial charge in [-0.2, -0.15) is 0 Å². The number of unbranched alkanes of at least 4 members (excludes halogenated alkanes) is 9. The number of hydrogen-bond donors (Lipinski definition) is 1. The minimum Gasteiger partial charge on any atom is -0.330 e. The topological polar surface area (TPSA) is 26.0 Å². The van der Waals surface area contributed by atoms with Crippen LogP contribution in [-0.2, 0) is 0 Å². The molecule has 0 saturated carbocycles. The lowest BCUT2D eigenvalue weighted by Gasteiger charge is -2.14. The Kier molecular flexibility index (Phi) is 11.4. The van der Waals surface area contributed by atoms with E-state index in [0.29, 0.717) is 0 Å². The lowest BCUT2D eigenvalue weighted by molar-refractivity contribution is 0.557. The Hall–Kier alpha value is 0.177. The van der Waals surface area contributed by atoms with Crippen LogP contribution in [0.1, 0.15) is 64.2 Å². The Bertz CT molecular complexity index is 151. The van der Waals surface area contributed by atoms with Crippen LogP contribution in [0.3, 0.4) is 0 Å². The normalized spacial score (nSPS) is 12.0. The Balaban J connectivity index is 2.99. The van der Waals surface area contributed by atoms with E-state index in [4.69, 9.17) is 5.73 Å². The fourth-order valence-corrected chi connectivity index (χ4v) is 3.52. The van der Waals surface area contributed by atoms with E-state index in [1.165, 1.54) is 70.3 Å². The fraction of sp³-hybridized carbons (Fsp3) is 1.00. The van der Waals surface area contributed by atoms with E-state index in [9.17, 15) is 0 Å². The van der Waals surface area contributed by atoms with Crippen LogP contribution in [0.5, 0.6) is 0 Å². The number of rotatable bonds is 12. The molecule has 0 saturated heterocycles. The van der Waals surface area contributed by atoms with Gasteiger partial charge in [0.25, 0.3) is 0 Å². The third kappa shape index (κ3) is 16.2. The molecule has 0 spiro atoms. The molecule has 0 aliphatic rings. The monoisotopic (exact) mass is 257 g/mol. The smallest absolute Gasteiger partial charge is 0.0442 e. The molecule has 0 amide bonds. The first-order valence-electron chi connectivity index (χ1n) is 7.76. The van der Waals surface area contributed by atoms with E-state index in [-0.39, 0.29) is 0 Å². The summed E-state index contributed by atoms with van der Waals surface area (Å²) in [7, 11) is -0.761. The van der Waals surface area contributed by atoms with E-state index in [1.807, 2.05) is 0 Å². The Labute approximate surface area is 111 Å². The highest BCUT2D eigenvalue weighted by atomic mass is 28.3. The molecular formula is C15H35NSi. The molecule has 0 fully saturated rings. The van der Waals surface area contributed by atoms with E-state index < -0.39 is 8.07 Å².